The van der Waals surface area contributed by atoms with Crippen LogP contribution >= 0.6 is 0 Å². The summed E-state index contributed by atoms with van der Waals surface area (Å²) in [7, 11) is 0. The van der Waals surface area contributed by atoms with E-state index in [1.165, 1.54) is 0 Å². The molecular weight excluding hydrogens is 174 g/mol. The molecule has 82 valence electrons. The van der Waals surface area contributed by atoms with Crippen molar-refractivity contribution in [3.63, 3.8) is 0 Å². The van der Waals surface area contributed by atoms with Crippen molar-refractivity contribution in [3.8, 4) is 0 Å². The van der Waals surface area contributed by atoms with Crippen LogP contribution in [-0.4, -0.2) is 33.7 Å². The van der Waals surface area contributed by atoms with E-state index in [1.54, 1.807) is 0 Å². The van der Waals surface area contributed by atoms with Gasteiger partial charge in [0.1, 0.15) is 12.2 Å². The van der Waals surface area contributed by atoms with Gasteiger partial charge in [0.25, 0.3) is 0 Å². The first-order chi connectivity index (χ1) is 6.09. The Morgan fingerprint density at radius 1 is 0.929 bits per heavy atom. The third kappa shape index (κ3) is 1.10. The van der Waals surface area contributed by atoms with E-state index >= 15 is 0 Å². The van der Waals surface area contributed by atoms with Gasteiger partial charge in [-0.05, 0) is 48.5 Å². The summed E-state index contributed by atoms with van der Waals surface area (Å²) in [6.45, 7) is 16.1. The second-order valence-electron chi connectivity index (χ2n) is 6.79. The van der Waals surface area contributed by atoms with Gasteiger partial charge < -0.3 is 4.74 Å². The van der Waals surface area contributed by atoms with E-state index in [1.807, 2.05) is 0 Å². The summed E-state index contributed by atoms with van der Waals surface area (Å²) >= 11 is 0. The first kappa shape index (κ1) is 10.4. The lowest BCUT2D eigenvalue weighted by Crippen LogP contribution is -2.61. The second kappa shape index (κ2) is 2.35. The van der Waals surface area contributed by atoms with E-state index in [-0.39, 0.29) is 16.6 Å². The molecule has 0 saturated carbocycles. The first-order valence-electron chi connectivity index (χ1n) is 5.55. The summed E-state index contributed by atoms with van der Waals surface area (Å²) in [6.07, 6.45) is 0.883. The van der Waals surface area contributed by atoms with E-state index < -0.39 is 0 Å². The van der Waals surface area contributed by atoms with Crippen molar-refractivity contribution in [1.82, 2.24) is 4.90 Å². The number of hydrogen-bond donors (Lipinski definition) is 0. The zero-order valence-corrected chi connectivity index (χ0v) is 10.5. The Morgan fingerprint density at radius 2 is 1.29 bits per heavy atom. The molecule has 2 fully saturated rings. The number of morpholine rings is 1. The van der Waals surface area contributed by atoms with E-state index in [0.29, 0.717) is 12.2 Å². The molecule has 14 heavy (non-hydrogen) atoms. The SMILES string of the molecule is CC(C)(C)N1C(C)(C)C2OC2C1(C)C. The van der Waals surface area contributed by atoms with Crippen LogP contribution in [0, 0.1) is 0 Å². The Bertz CT molecular complexity index is 242. The van der Waals surface area contributed by atoms with Crippen molar-refractivity contribution in [1.29, 1.82) is 0 Å². The van der Waals surface area contributed by atoms with Crippen molar-refractivity contribution in [3.05, 3.63) is 0 Å². The fraction of sp³-hybridized carbons (Fsp3) is 1.00. The predicted molar refractivity (Wildman–Crippen MR) is 58.4 cm³/mol. The van der Waals surface area contributed by atoms with Gasteiger partial charge in [-0.15, -0.1) is 0 Å². The fourth-order valence-corrected chi connectivity index (χ4v) is 3.91. The Balaban J connectivity index is 2.39. The molecule has 0 N–H and O–H groups in total. The molecule has 2 rings (SSSR count). The summed E-state index contributed by atoms with van der Waals surface area (Å²) in [5.74, 6) is 0. The van der Waals surface area contributed by atoms with Gasteiger partial charge in [-0.1, -0.05) is 0 Å². The minimum atomic E-state index is 0.173. The number of likely N-dealkylation sites (tertiary alicyclic amines) is 1. The molecular formula is C12H23NO. The molecule has 2 heterocycles. The normalized spacial score (nSPS) is 39.6. The van der Waals surface area contributed by atoms with Gasteiger partial charge in [0.15, 0.2) is 0 Å². The number of hydrogen-bond acceptors (Lipinski definition) is 2. The quantitative estimate of drug-likeness (QED) is 0.554. The highest BCUT2D eigenvalue weighted by Crippen LogP contribution is 2.56. The number of nitrogens with zero attached hydrogens (tertiary/aromatic N) is 1. The minimum Gasteiger partial charge on any atom is -0.366 e. The summed E-state index contributed by atoms with van der Waals surface area (Å²) in [6, 6.07) is 0. The van der Waals surface area contributed by atoms with Gasteiger partial charge in [0.05, 0.1) is 0 Å². The van der Waals surface area contributed by atoms with Crippen molar-refractivity contribution in [2.45, 2.75) is 77.3 Å². The summed E-state index contributed by atoms with van der Waals surface area (Å²) in [5, 5.41) is 0. The van der Waals surface area contributed by atoms with Crippen LogP contribution < -0.4 is 0 Å². The molecule has 2 saturated heterocycles. The molecule has 2 aliphatic rings. The molecule has 0 aromatic carbocycles. The molecule has 0 radical (unpaired) electrons. The van der Waals surface area contributed by atoms with Crippen molar-refractivity contribution >= 4 is 0 Å². The monoisotopic (exact) mass is 197 g/mol. The second-order valence-corrected chi connectivity index (χ2v) is 6.79. The van der Waals surface area contributed by atoms with Crippen LogP contribution in [0.5, 0.6) is 0 Å². The molecule has 2 nitrogen and oxygen atoms in total. The number of rotatable bonds is 0. The third-order valence-corrected chi connectivity index (χ3v) is 3.71. The zero-order chi connectivity index (χ0) is 10.9. The van der Waals surface area contributed by atoms with Gasteiger partial charge in [0.2, 0.25) is 0 Å². The molecule has 2 atom stereocenters. The fourth-order valence-electron chi connectivity index (χ4n) is 3.91. The molecule has 2 heteroatoms. The minimum absolute atomic E-state index is 0.173. The average Bonchev–Trinajstić information content (AvgIpc) is 2.51. The smallest absolute Gasteiger partial charge is 0.104 e. The highest BCUT2D eigenvalue weighted by molar-refractivity contribution is 5.22. The highest BCUT2D eigenvalue weighted by atomic mass is 16.6. The average molecular weight is 197 g/mol. The first-order valence-corrected chi connectivity index (χ1v) is 5.55. The lowest BCUT2D eigenvalue weighted by Gasteiger charge is -2.51. The van der Waals surface area contributed by atoms with Crippen molar-refractivity contribution < 1.29 is 4.74 Å². The van der Waals surface area contributed by atoms with Gasteiger partial charge >= 0.3 is 0 Å². The number of ether oxygens (including phenoxy) is 1. The van der Waals surface area contributed by atoms with Crippen LogP contribution in [0.1, 0.15) is 48.5 Å². The van der Waals surface area contributed by atoms with Crippen LogP contribution in [0.4, 0.5) is 0 Å². The molecule has 2 unspecified atom stereocenters. The molecule has 2 aliphatic heterocycles. The third-order valence-electron chi connectivity index (χ3n) is 3.71. The van der Waals surface area contributed by atoms with Crippen LogP contribution in [0.25, 0.3) is 0 Å². The Morgan fingerprint density at radius 3 is 1.50 bits per heavy atom. The maximum absolute atomic E-state index is 5.77. The highest BCUT2D eigenvalue weighted by Gasteiger charge is 2.70. The molecule has 0 spiro atoms. The molecule has 0 aromatic heterocycles. The summed E-state index contributed by atoms with van der Waals surface area (Å²) < 4.78 is 5.77. The predicted octanol–water partition coefficient (Wildman–Crippen LogP) is 2.43. The molecule has 0 aromatic rings. The maximum atomic E-state index is 5.77. The van der Waals surface area contributed by atoms with Crippen LogP contribution in [0.3, 0.4) is 0 Å². The Hall–Kier alpha value is -0.0800. The summed E-state index contributed by atoms with van der Waals surface area (Å²) in [4.78, 5) is 2.62. The van der Waals surface area contributed by atoms with E-state index in [9.17, 15) is 0 Å². The standard InChI is InChI=1S/C12H23NO/c1-10(2,3)13-11(4,5)8-9(14-8)12(13,6)7/h8-9H,1-7H3. The van der Waals surface area contributed by atoms with Crippen molar-refractivity contribution in [2.75, 3.05) is 0 Å². The Kier molecular flexibility index (Phi) is 1.76. The van der Waals surface area contributed by atoms with Gasteiger partial charge in [0, 0.05) is 16.6 Å². The van der Waals surface area contributed by atoms with Gasteiger partial charge in [-0.2, -0.15) is 0 Å². The van der Waals surface area contributed by atoms with E-state index in [2.05, 4.69) is 53.4 Å². The summed E-state index contributed by atoms with van der Waals surface area (Å²) in [5.41, 5.74) is 0.558. The molecule has 0 amide bonds. The lowest BCUT2D eigenvalue weighted by atomic mass is 9.92. The largest absolute Gasteiger partial charge is 0.366 e. The maximum Gasteiger partial charge on any atom is 0.104 e. The van der Waals surface area contributed by atoms with E-state index in [4.69, 9.17) is 4.74 Å². The van der Waals surface area contributed by atoms with Crippen molar-refractivity contribution in [2.24, 2.45) is 0 Å². The van der Waals surface area contributed by atoms with Gasteiger partial charge in [-0.3, -0.25) is 4.90 Å². The Labute approximate surface area is 87.6 Å². The van der Waals surface area contributed by atoms with Crippen LogP contribution in [0.2, 0.25) is 0 Å². The van der Waals surface area contributed by atoms with Crippen LogP contribution in [-0.2, 0) is 4.74 Å². The number of fused-ring (bicyclic) bond motifs is 1. The molecule has 0 bridgehead atoms. The topological polar surface area (TPSA) is 15.8 Å². The van der Waals surface area contributed by atoms with Crippen LogP contribution in [0.15, 0.2) is 0 Å². The lowest BCUT2D eigenvalue weighted by molar-refractivity contribution is -0.0687. The van der Waals surface area contributed by atoms with Gasteiger partial charge in [-0.25, -0.2) is 0 Å². The zero-order valence-electron chi connectivity index (χ0n) is 10.5. The molecule has 0 aliphatic carbocycles. The number of epoxide rings is 1. The van der Waals surface area contributed by atoms with E-state index in [0.717, 1.165) is 0 Å².